The summed E-state index contributed by atoms with van der Waals surface area (Å²) in [7, 11) is 0. The van der Waals surface area contributed by atoms with Crippen LogP contribution in [0.2, 0.25) is 0 Å². The van der Waals surface area contributed by atoms with E-state index in [1.165, 1.54) is 5.56 Å². The topological polar surface area (TPSA) is 60.9 Å². The monoisotopic (exact) mass is 304 g/mol. The molecule has 1 unspecified atom stereocenters. The highest BCUT2D eigenvalue weighted by Gasteiger charge is 2.28. The second-order valence-electron chi connectivity index (χ2n) is 5.75. The maximum absolute atomic E-state index is 12.1. The van der Waals surface area contributed by atoms with Crippen molar-refractivity contribution in [1.29, 1.82) is 0 Å². The van der Waals surface area contributed by atoms with Crippen LogP contribution in [0.25, 0.3) is 0 Å². The zero-order valence-corrected chi connectivity index (χ0v) is 13.1. The van der Waals surface area contributed by atoms with Gasteiger partial charge >= 0.3 is 5.97 Å². The molecule has 1 aromatic carbocycles. The molecule has 1 aliphatic rings. The minimum absolute atomic E-state index is 0.0415. The van der Waals surface area contributed by atoms with Crippen molar-refractivity contribution in [2.24, 2.45) is 0 Å². The number of carboxylic acids is 1. The third-order valence-corrected chi connectivity index (χ3v) is 4.21. The smallest absolute Gasteiger partial charge is 0.303 e. The largest absolute Gasteiger partial charge is 0.481 e. The Labute approximate surface area is 131 Å². The lowest BCUT2D eigenvalue weighted by Crippen LogP contribution is -2.54. The van der Waals surface area contributed by atoms with Crippen molar-refractivity contribution in [2.75, 3.05) is 19.6 Å². The van der Waals surface area contributed by atoms with E-state index in [1.54, 1.807) is 0 Å². The molecule has 1 heterocycles. The van der Waals surface area contributed by atoms with Crippen LogP contribution < -0.4 is 0 Å². The average molecular weight is 304 g/mol. The summed E-state index contributed by atoms with van der Waals surface area (Å²) in [5.41, 5.74) is 1.28. The molecule has 0 aliphatic carbocycles. The van der Waals surface area contributed by atoms with Gasteiger partial charge < -0.3 is 10.0 Å². The van der Waals surface area contributed by atoms with E-state index in [1.807, 2.05) is 23.1 Å². The SMILES string of the molecule is CCC1CN(C(=O)CCC(=O)O)CCN1Cc1ccccc1. The minimum Gasteiger partial charge on any atom is -0.481 e. The van der Waals surface area contributed by atoms with Crippen molar-refractivity contribution in [3.8, 4) is 0 Å². The van der Waals surface area contributed by atoms with E-state index in [-0.39, 0.29) is 18.7 Å². The number of piperazine rings is 1. The summed E-state index contributed by atoms with van der Waals surface area (Å²) in [6.45, 7) is 5.25. The van der Waals surface area contributed by atoms with Crippen LogP contribution in [0.4, 0.5) is 0 Å². The van der Waals surface area contributed by atoms with Crippen LogP contribution in [0.3, 0.4) is 0 Å². The highest BCUT2D eigenvalue weighted by molar-refractivity contribution is 5.80. The number of hydrogen-bond donors (Lipinski definition) is 1. The molecule has 0 bridgehead atoms. The van der Waals surface area contributed by atoms with E-state index < -0.39 is 5.97 Å². The molecule has 1 saturated heterocycles. The van der Waals surface area contributed by atoms with Gasteiger partial charge in [0.1, 0.15) is 0 Å². The number of aliphatic carboxylic acids is 1. The fourth-order valence-electron chi connectivity index (χ4n) is 2.90. The summed E-state index contributed by atoms with van der Waals surface area (Å²) in [5.74, 6) is -0.955. The highest BCUT2D eigenvalue weighted by atomic mass is 16.4. The van der Waals surface area contributed by atoms with E-state index >= 15 is 0 Å². The predicted octanol–water partition coefficient (Wildman–Crippen LogP) is 1.97. The number of benzene rings is 1. The van der Waals surface area contributed by atoms with Gasteiger partial charge in [0.05, 0.1) is 6.42 Å². The van der Waals surface area contributed by atoms with Gasteiger partial charge in [0.25, 0.3) is 0 Å². The average Bonchev–Trinajstić information content (AvgIpc) is 2.54. The molecule has 5 heteroatoms. The number of carbonyl (C=O) groups is 2. The third-order valence-electron chi connectivity index (χ3n) is 4.21. The first kappa shape index (κ1) is 16.5. The summed E-state index contributed by atoms with van der Waals surface area (Å²) < 4.78 is 0. The molecular formula is C17H24N2O3. The van der Waals surface area contributed by atoms with E-state index in [0.717, 1.165) is 19.5 Å². The van der Waals surface area contributed by atoms with Crippen LogP contribution in [0.5, 0.6) is 0 Å². The first-order valence-corrected chi connectivity index (χ1v) is 7.87. The third kappa shape index (κ3) is 4.56. The number of carboxylic acid groups (broad SMARTS) is 1. The van der Waals surface area contributed by atoms with Crippen molar-refractivity contribution in [3.05, 3.63) is 35.9 Å². The van der Waals surface area contributed by atoms with Crippen LogP contribution in [0.1, 0.15) is 31.7 Å². The Hall–Kier alpha value is -1.88. The first-order valence-electron chi connectivity index (χ1n) is 7.87. The molecule has 0 radical (unpaired) electrons. The maximum Gasteiger partial charge on any atom is 0.303 e. The fourth-order valence-corrected chi connectivity index (χ4v) is 2.90. The Morgan fingerprint density at radius 3 is 2.55 bits per heavy atom. The summed E-state index contributed by atoms with van der Waals surface area (Å²) in [4.78, 5) is 26.9. The second-order valence-corrected chi connectivity index (χ2v) is 5.75. The molecule has 1 fully saturated rings. The number of amides is 1. The van der Waals surface area contributed by atoms with Gasteiger partial charge in [-0.25, -0.2) is 0 Å². The molecule has 1 aromatic rings. The van der Waals surface area contributed by atoms with Crippen LogP contribution in [0, 0.1) is 0 Å². The highest BCUT2D eigenvalue weighted by Crippen LogP contribution is 2.17. The Morgan fingerprint density at radius 2 is 1.91 bits per heavy atom. The van der Waals surface area contributed by atoms with E-state index in [0.29, 0.717) is 19.1 Å². The van der Waals surface area contributed by atoms with Crippen molar-refractivity contribution in [3.63, 3.8) is 0 Å². The first-order chi connectivity index (χ1) is 10.6. The maximum atomic E-state index is 12.1. The van der Waals surface area contributed by atoms with Crippen molar-refractivity contribution in [1.82, 2.24) is 9.80 Å². The Bertz CT molecular complexity index is 504. The van der Waals surface area contributed by atoms with Gasteiger partial charge in [-0.3, -0.25) is 14.5 Å². The molecular weight excluding hydrogens is 280 g/mol. The molecule has 0 aromatic heterocycles. The second kappa shape index (κ2) is 7.94. The van der Waals surface area contributed by atoms with E-state index in [2.05, 4.69) is 24.0 Å². The van der Waals surface area contributed by atoms with Crippen LogP contribution >= 0.6 is 0 Å². The zero-order valence-electron chi connectivity index (χ0n) is 13.1. The van der Waals surface area contributed by atoms with Crippen LogP contribution in [-0.2, 0) is 16.1 Å². The molecule has 1 atom stereocenters. The van der Waals surface area contributed by atoms with Gasteiger partial charge in [-0.1, -0.05) is 37.3 Å². The normalized spacial score (nSPS) is 19.1. The van der Waals surface area contributed by atoms with E-state index in [4.69, 9.17) is 5.11 Å². The number of rotatable bonds is 6. The number of carbonyl (C=O) groups excluding carboxylic acids is 1. The van der Waals surface area contributed by atoms with Crippen molar-refractivity contribution < 1.29 is 14.7 Å². The summed E-state index contributed by atoms with van der Waals surface area (Å²) in [5, 5.41) is 8.69. The van der Waals surface area contributed by atoms with Crippen LogP contribution in [0.15, 0.2) is 30.3 Å². The van der Waals surface area contributed by atoms with Gasteiger partial charge in [-0.05, 0) is 12.0 Å². The van der Waals surface area contributed by atoms with Gasteiger partial charge in [0, 0.05) is 38.6 Å². The Kier molecular flexibility index (Phi) is 5.95. The lowest BCUT2D eigenvalue weighted by atomic mass is 10.1. The predicted molar refractivity (Wildman–Crippen MR) is 84.4 cm³/mol. The number of nitrogens with zero attached hydrogens (tertiary/aromatic N) is 2. The van der Waals surface area contributed by atoms with Gasteiger partial charge in [0.2, 0.25) is 5.91 Å². The van der Waals surface area contributed by atoms with E-state index in [9.17, 15) is 9.59 Å². The Balaban J connectivity index is 1.90. The zero-order chi connectivity index (χ0) is 15.9. The van der Waals surface area contributed by atoms with Crippen LogP contribution in [-0.4, -0.2) is 52.5 Å². The standard InChI is InChI=1S/C17H24N2O3/c1-2-15-13-19(16(20)8-9-17(21)22)11-10-18(15)12-14-6-4-3-5-7-14/h3-7,15H,2,8-13H2,1H3,(H,21,22). The summed E-state index contributed by atoms with van der Waals surface area (Å²) in [6.07, 6.45) is 1.000. The number of hydrogen-bond acceptors (Lipinski definition) is 3. The van der Waals surface area contributed by atoms with Crippen molar-refractivity contribution in [2.45, 2.75) is 38.8 Å². The Morgan fingerprint density at radius 1 is 1.18 bits per heavy atom. The molecule has 120 valence electrons. The fraction of sp³-hybridized carbons (Fsp3) is 0.529. The molecule has 2 rings (SSSR count). The lowest BCUT2D eigenvalue weighted by molar-refractivity contribution is -0.142. The molecule has 22 heavy (non-hydrogen) atoms. The molecule has 1 aliphatic heterocycles. The quantitative estimate of drug-likeness (QED) is 0.873. The van der Waals surface area contributed by atoms with Gasteiger partial charge in [-0.15, -0.1) is 0 Å². The molecule has 5 nitrogen and oxygen atoms in total. The molecule has 0 saturated carbocycles. The summed E-state index contributed by atoms with van der Waals surface area (Å²) >= 11 is 0. The van der Waals surface area contributed by atoms with Crippen molar-refractivity contribution >= 4 is 11.9 Å². The van der Waals surface area contributed by atoms with Gasteiger partial charge in [0.15, 0.2) is 0 Å². The van der Waals surface area contributed by atoms with Gasteiger partial charge in [-0.2, -0.15) is 0 Å². The lowest BCUT2D eigenvalue weighted by Gasteiger charge is -2.41. The molecule has 1 N–H and O–H groups in total. The summed E-state index contributed by atoms with van der Waals surface area (Å²) in [6, 6.07) is 10.7. The minimum atomic E-state index is -0.914. The molecule has 1 amide bonds. The molecule has 0 spiro atoms.